The van der Waals surface area contributed by atoms with E-state index in [-0.39, 0.29) is 30.4 Å². The normalized spacial score (nSPS) is 21.2. The number of nitrogens with one attached hydrogen (secondary N) is 2. The van der Waals surface area contributed by atoms with Crippen molar-refractivity contribution < 1.29 is 17.9 Å². The molecule has 8 nitrogen and oxygen atoms in total. The Kier molecular flexibility index (Phi) is 5.46. The topological polar surface area (TPSA) is 109 Å². The molecule has 1 aliphatic rings. The molecule has 1 saturated heterocycles. The number of aryl methyl sites for hydroxylation is 2. The number of aromatic amines is 1. The zero-order chi connectivity index (χ0) is 18.1. The molecule has 0 aliphatic carbocycles. The highest BCUT2D eigenvalue weighted by atomic mass is 32.2. The van der Waals surface area contributed by atoms with Gasteiger partial charge in [-0.3, -0.25) is 9.59 Å². The van der Waals surface area contributed by atoms with Crippen molar-refractivity contribution in [1.82, 2.24) is 14.6 Å². The third-order valence-electron chi connectivity index (χ3n) is 4.09. The van der Waals surface area contributed by atoms with Gasteiger partial charge >= 0.3 is 0 Å². The number of carbonyl (C=O) groups is 1. The van der Waals surface area contributed by atoms with Crippen molar-refractivity contribution in [2.75, 3.05) is 33.1 Å². The van der Waals surface area contributed by atoms with Gasteiger partial charge < -0.3 is 15.0 Å². The maximum absolute atomic E-state index is 12.5. The molecule has 0 unspecified atom stereocenters. The first-order chi connectivity index (χ1) is 11.1. The number of hydrogen-bond acceptors (Lipinski definition) is 5. The predicted molar refractivity (Wildman–Crippen MR) is 89.6 cm³/mol. The van der Waals surface area contributed by atoms with Crippen LogP contribution in [0.25, 0.3) is 0 Å². The molecule has 0 spiro atoms. The summed E-state index contributed by atoms with van der Waals surface area (Å²) in [6.45, 7) is 3.91. The Morgan fingerprint density at radius 2 is 2.04 bits per heavy atom. The largest absolute Gasteiger partial charge is 0.379 e. The monoisotopic (exact) mass is 357 g/mol. The molecule has 1 aromatic rings. The average molecular weight is 357 g/mol. The Morgan fingerprint density at radius 1 is 1.38 bits per heavy atom. The number of pyridine rings is 1. The number of H-pyrrole nitrogens is 1. The van der Waals surface area contributed by atoms with E-state index in [0.29, 0.717) is 11.3 Å². The Balaban J connectivity index is 2.15. The van der Waals surface area contributed by atoms with Gasteiger partial charge in [0.25, 0.3) is 11.5 Å². The van der Waals surface area contributed by atoms with E-state index in [0.717, 1.165) is 4.31 Å². The number of sulfonamides is 1. The molecule has 1 aromatic heterocycles. The lowest BCUT2D eigenvalue weighted by atomic mass is 10.0. The summed E-state index contributed by atoms with van der Waals surface area (Å²) in [5, 5.41) is 2.74. The maximum Gasteiger partial charge on any atom is 0.261 e. The first kappa shape index (κ1) is 18.6. The van der Waals surface area contributed by atoms with Gasteiger partial charge in [-0.25, -0.2) is 12.7 Å². The van der Waals surface area contributed by atoms with Gasteiger partial charge in [0, 0.05) is 25.7 Å². The number of nitrogens with zero attached hydrogens (tertiary/aromatic N) is 1. The van der Waals surface area contributed by atoms with Crippen LogP contribution in [-0.4, -0.2) is 62.7 Å². The van der Waals surface area contributed by atoms with Crippen LogP contribution in [0.3, 0.4) is 0 Å². The SMILES string of the molecule is Cc1cc(C)c(C(=O)N[C@H]2COC[C@H]2CS(=O)(=O)N(C)C)c(=O)[nH]1. The van der Waals surface area contributed by atoms with Crippen LogP contribution < -0.4 is 10.9 Å². The average Bonchev–Trinajstić information content (AvgIpc) is 2.83. The Hall–Kier alpha value is -1.71. The minimum Gasteiger partial charge on any atom is -0.379 e. The molecule has 0 aromatic carbocycles. The highest BCUT2D eigenvalue weighted by Gasteiger charge is 2.34. The number of aromatic nitrogens is 1. The molecule has 24 heavy (non-hydrogen) atoms. The summed E-state index contributed by atoms with van der Waals surface area (Å²) < 4.78 is 30.6. The van der Waals surface area contributed by atoms with Crippen molar-refractivity contribution in [3.05, 3.63) is 33.2 Å². The van der Waals surface area contributed by atoms with Gasteiger partial charge in [0.1, 0.15) is 5.56 Å². The second-order valence-corrected chi connectivity index (χ2v) is 8.51. The summed E-state index contributed by atoms with van der Waals surface area (Å²) >= 11 is 0. The Bertz CT molecular complexity index is 785. The highest BCUT2D eigenvalue weighted by molar-refractivity contribution is 7.89. The lowest BCUT2D eigenvalue weighted by molar-refractivity contribution is 0.0924. The molecule has 0 bridgehead atoms. The molecule has 2 atom stereocenters. The number of hydrogen-bond donors (Lipinski definition) is 2. The zero-order valence-corrected chi connectivity index (χ0v) is 15.1. The fourth-order valence-corrected chi connectivity index (χ4v) is 3.89. The molecule has 1 aliphatic heterocycles. The van der Waals surface area contributed by atoms with Gasteiger partial charge in [-0.2, -0.15) is 0 Å². The van der Waals surface area contributed by atoms with Gasteiger partial charge in [-0.1, -0.05) is 0 Å². The highest BCUT2D eigenvalue weighted by Crippen LogP contribution is 2.18. The summed E-state index contributed by atoms with van der Waals surface area (Å²) in [5.74, 6) is -0.989. The molecule has 2 rings (SSSR count). The number of rotatable bonds is 5. The van der Waals surface area contributed by atoms with E-state index in [4.69, 9.17) is 4.74 Å². The predicted octanol–water partition coefficient (Wildman–Crippen LogP) is -0.372. The van der Waals surface area contributed by atoms with Gasteiger partial charge in [0.15, 0.2) is 0 Å². The van der Waals surface area contributed by atoms with Crippen molar-refractivity contribution in [3.63, 3.8) is 0 Å². The van der Waals surface area contributed by atoms with Gasteiger partial charge in [0.2, 0.25) is 10.0 Å². The van der Waals surface area contributed by atoms with E-state index < -0.39 is 27.5 Å². The second-order valence-electron chi connectivity index (χ2n) is 6.28. The number of ether oxygens (including phenoxy) is 1. The maximum atomic E-state index is 12.5. The van der Waals surface area contributed by atoms with Gasteiger partial charge in [-0.05, 0) is 25.5 Å². The molecule has 134 valence electrons. The second kappa shape index (κ2) is 7.04. The smallest absolute Gasteiger partial charge is 0.261 e. The van der Waals surface area contributed by atoms with E-state index in [9.17, 15) is 18.0 Å². The quantitative estimate of drug-likeness (QED) is 0.747. The Labute approximate surface area is 141 Å². The Morgan fingerprint density at radius 3 is 2.62 bits per heavy atom. The van der Waals surface area contributed by atoms with E-state index in [1.165, 1.54) is 14.1 Å². The lowest BCUT2D eigenvalue weighted by Crippen LogP contribution is -2.45. The first-order valence-electron chi connectivity index (χ1n) is 7.61. The van der Waals surface area contributed by atoms with Crippen LogP contribution in [0, 0.1) is 19.8 Å². The van der Waals surface area contributed by atoms with Crippen molar-refractivity contribution in [2.24, 2.45) is 5.92 Å². The van der Waals surface area contributed by atoms with Gasteiger partial charge in [-0.15, -0.1) is 0 Å². The number of carbonyl (C=O) groups excluding carboxylic acids is 1. The van der Waals surface area contributed by atoms with Crippen LogP contribution in [0.5, 0.6) is 0 Å². The minimum atomic E-state index is -3.40. The molecule has 0 radical (unpaired) electrons. The van der Waals surface area contributed by atoms with Crippen LogP contribution >= 0.6 is 0 Å². The third-order valence-corrected chi connectivity index (χ3v) is 6.05. The lowest BCUT2D eigenvalue weighted by Gasteiger charge is -2.21. The zero-order valence-electron chi connectivity index (χ0n) is 14.3. The minimum absolute atomic E-state index is 0.0433. The molecule has 0 saturated carbocycles. The molecule has 2 N–H and O–H groups in total. The van der Waals surface area contributed by atoms with Crippen molar-refractivity contribution in [1.29, 1.82) is 0 Å². The van der Waals surface area contributed by atoms with Crippen molar-refractivity contribution in [2.45, 2.75) is 19.9 Å². The van der Waals surface area contributed by atoms with E-state index in [1.54, 1.807) is 19.9 Å². The van der Waals surface area contributed by atoms with Crippen molar-refractivity contribution >= 4 is 15.9 Å². The van der Waals surface area contributed by atoms with Crippen LogP contribution in [0.1, 0.15) is 21.6 Å². The molecule has 1 amide bonds. The fraction of sp³-hybridized carbons (Fsp3) is 0.600. The third kappa shape index (κ3) is 4.03. The van der Waals surface area contributed by atoms with Crippen molar-refractivity contribution in [3.8, 4) is 0 Å². The molecule has 9 heteroatoms. The van der Waals surface area contributed by atoms with E-state index >= 15 is 0 Å². The van der Waals surface area contributed by atoms with Gasteiger partial charge in [0.05, 0.1) is 25.0 Å². The van der Waals surface area contributed by atoms with E-state index in [2.05, 4.69) is 10.3 Å². The van der Waals surface area contributed by atoms with E-state index in [1.807, 2.05) is 0 Å². The molecular formula is C15H23N3O5S. The fourth-order valence-electron chi connectivity index (χ4n) is 2.72. The van der Waals surface area contributed by atoms with Crippen LogP contribution in [0.4, 0.5) is 0 Å². The van der Waals surface area contributed by atoms with Crippen LogP contribution in [-0.2, 0) is 14.8 Å². The summed E-state index contributed by atoms with van der Waals surface area (Å²) in [6.07, 6.45) is 0. The summed E-state index contributed by atoms with van der Waals surface area (Å²) in [6, 6.07) is 1.27. The number of amides is 1. The molecule has 1 fully saturated rings. The first-order valence-corrected chi connectivity index (χ1v) is 9.22. The molecular weight excluding hydrogens is 334 g/mol. The standard InChI is InChI=1S/C15H23N3O5S/c1-9-5-10(2)16-14(19)13(9)15(20)17-12-7-23-6-11(12)8-24(21,22)18(3)4/h5,11-12H,6-8H2,1-4H3,(H,16,19)(H,17,20)/t11-,12-/m0/s1. The summed E-state index contributed by atoms with van der Waals surface area (Å²) in [4.78, 5) is 27.1. The summed E-state index contributed by atoms with van der Waals surface area (Å²) in [7, 11) is -0.470. The van der Waals surface area contributed by atoms with Crippen LogP contribution in [0.2, 0.25) is 0 Å². The molecule has 2 heterocycles. The van der Waals surface area contributed by atoms with Crippen LogP contribution in [0.15, 0.2) is 10.9 Å². The summed E-state index contributed by atoms with van der Waals surface area (Å²) in [5.41, 5.74) is 0.835.